The fourth-order valence-electron chi connectivity index (χ4n) is 2.26. The lowest BCUT2D eigenvalue weighted by Crippen LogP contribution is -2.26. The van der Waals surface area contributed by atoms with Gasteiger partial charge in [0, 0.05) is 12.7 Å². The fraction of sp³-hybridized carbons (Fsp3) is 0.400. The highest BCUT2D eigenvalue weighted by Crippen LogP contribution is 2.30. The van der Waals surface area contributed by atoms with E-state index in [1.807, 2.05) is 23.7 Å². The Bertz CT molecular complexity index is 568. The maximum absolute atomic E-state index is 13.8. The Balaban J connectivity index is 2.44. The quantitative estimate of drug-likeness (QED) is 0.865. The first-order valence-electron chi connectivity index (χ1n) is 6.88. The Morgan fingerprint density at radius 3 is 2.85 bits per heavy atom. The smallest absolute Gasteiger partial charge is 0.137 e. The molecule has 1 aromatic carbocycles. The van der Waals surface area contributed by atoms with E-state index < -0.39 is 0 Å². The van der Waals surface area contributed by atoms with E-state index in [1.165, 1.54) is 6.07 Å². The Morgan fingerprint density at radius 1 is 1.35 bits per heavy atom. The standard InChI is InChI=1S/C15H19BrFN3/c1-3-9-18-15(13-8-10-19-20(13)4-2)11-6-5-7-12(17)14(11)16/h5-8,10,15,18H,3-4,9H2,1-2H3. The van der Waals surface area contributed by atoms with Crippen LogP contribution >= 0.6 is 15.9 Å². The van der Waals surface area contributed by atoms with Crippen LogP contribution in [0, 0.1) is 5.82 Å². The summed E-state index contributed by atoms with van der Waals surface area (Å²) in [4.78, 5) is 0. The molecule has 0 aliphatic carbocycles. The Hall–Kier alpha value is -1.20. The van der Waals surface area contributed by atoms with Crippen molar-refractivity contribution >= 4 is 15.9 Å². The average Bonchev–Trinajstić information content (AvgIpc) is 2.92. The Labute approximate surface area is 127 Å². The van der Waals surface area contributed by atoms with Crippen molar-refractivity contribution in [3.05, 3.63) is 52.0 Å². The van der Waals surface area contributed by atoms with Crippen molar-refractivity contribution in [2.45, 2.75) is 32.9 Å². The van der Waals surface area contributed by atoms with Crippen LogP contribution in [0.1, 0.15) is 37.6 Å². The lowest BCUT2D eigenvalue weighted by atomic mass is 10.0. The highest BCUT2D eigenvalue weighted by molar-refractivity contribution is 9.10. The third-order valence-corrected chi connectivity index (χ3v) is 4.07. The van der Waals surface area contributed by atoms with Crippen LogP contribution in [0.4, 0.5) is 4.39 Å². The molecule has 108 valence electrons. The van der Waals surface area contributed by atoms with Crippen molar-refractivity contribution in [1.29, 1.82) is 0 Å². The minimum absolute atomic E-state index is 0.0672. The maximum atomic E-state index is 13.8. The molecule has 0 saturated carbocycles. The average molecular weight is 340 g/mol. The monoisotopic (exact) mass is 339 g/mol. The number of hydrogen-bond acceptors (Lipinski definition) is 2. The minimum Gasteiger partial charge on any atom is -0.305 e. The number of nitrogens with one attached hydrogen (secondary N) is 1. The summed E-state index contributed by atoms with van der Waals surface area (Å²) in [6.45, 7) is 5.82. The van der Waals surface area contributed by atoms with E-state index >= 15 is 0 Å². The first-order chi connectivity index (χ1) is 9.69. The van der Waals surface area contributed by atoms with Gasteiger partial charge >= 0.3 is 0 Å². The third-order valence-electron chi connectivity index (χ3n) is 3.24. The number of hydrogen-bond donors (Lipinski definition) is 1. The second-order valence-electron chi connectivity index (χ2n) is 4.60. The maximum Gasteiger partial charge on any atom is 0.137 e. The number of aryl methyl sites for hydroxylation is 1. The van der Waals surface area contributed by atoms with Crippen LogP contribution in [0.25, 0.3) is 0 Å². The second kappa shape index (κ2) is 6.99. The largest absolute Gasteiger partial charge is 0.305 e. The molecule has 1 heterocycles. The molecule has 0 radical (unpaired) electrons. The van der Waals surface area contributed by atoms with Crippen molar-refractivity contribution in [3.63, 3.8) is 0 Å². The Kier molecular flexibility index (Phi) is 5.31. The number of nitrogens with zero attached hydrogens (tertiary/aromatic N) is 2. The van der Waals surface area contributed by atoms with Crippen molar-refractivity contribution in [1.82, 2.24) is 15.1 Å². The predicted octanol–water partition coefficient (Wildman–Crippen LogP) is 3.89. The molecular weight excluding hydrogens is 321 g/mol. The highest BCUT2D eigenvalue weighted by atomic mass is 79.9. The molecule has 2 aromatic rings. The third kappa shape index (κ3) is 3.10. The molecule has 0 saturated heterocycles. The summed E-state index contributed by atoms with van der Waals surface area (Å²) in [6.07, 6.45) is 2.80. The van der Waals surface area contributed by atoms with E-state index in [9.17, 15) is 4.39 Å². The molecule has 3 nitrogen and oxygen atoms in total. The summed E-state index contributed by atoms with van der Waals surface area (Å²) in [5.41, 5.74) is 1.95. The molecule has 2 rings (SSSR count). The molecule has 0 aliphatic heterocycles. The van der Waals surface area contributed by atoms with Crippen LogP contribution in [0.5, 0.6) is 0 Å². The normalized spacial score (nSPS) is 12.6. The van der Waals surface area contributed by atoms with Crippen LogP contribution in [-0.2, 0) is 6.54 Å². The van der Waals surface area contributed by atoms with Gasteiger partial charge in [-0.05, 0) is 53.5 Å². The molecule has 1 unspecified atom stereocenters. The lowest BCUT2D eigenvalue weighted by Gasteiger charge is -2.21. The first kappa shape index (κ1) is 15.2. The number of rotatable bonds is 6. The van der Waals surface area contributed by atoms with Gasteiger partial charge in [0.2, 0.25) is 0 Å². The van der Waals surface area contributed by atoms with Gasteiger partial charge in [-0.25, -0.2) is 4.39 Å². The second-order valence-corrected chi connectivity index (χ2v) is 5.40. The molecule has 1 N–H and O–H groups in total. The van der Waals surface area contributed by atoms with Gasteiger partial charge in [0.1, 0.15) is 5.82 Å². The van der Waals surface area contributed by atoms with Gasteiger partial charge in [-0.2, -0.15) is 5.10 Å². The van der Waals surface area contributed by atoms with Crippen molar-refractivity contribution in [3.8, 4) is 0 Å². The van der Waals surface area contributed by atoms with Crippen LogP contribution in [-0.4, -0.2) is 16.3 Å². The fourth-order valence-corrected chi connectivity index (χ4v) is 2.75. The summed E-state index contributed by atoms with van der Waals surface area (Å²) in [5.74, 6) is -0.242. The summed E-state index contributed by atoms with van der Waals surface area (Å²) < 4.78 is 16.2. The molecular formula is C15H19BrFN3. The summed E-state index contributed by atoms with van der Waals surface area (Å²) in [5, 5.41) is 7.78. The van der Waals surface area contributed by atoms with Gasteiger partial charge in [-0.1, -0.05) is 19.1 Å². The molecule has 1 aromatic heterocycles. The van der Waals surface area contributed by atoms with Gasteiger partial charge < -0.3 is 5.32 Å². The zero-order valence-electron chi connectivity index (χ0n) is 11.7. The van der Waals surface area contributed by atoms with E-state index in [-0.39, 0.29) is 11.9 Å². The molecule has 0 bridgehead atoms. The Morgan fingerprint density at radius 2 is 2.15 bits per heavy atom. The first-order valence-corrected chi connectivity index (χ1v) is 7.67. The minimum atomic E-state index is -0.242. The van der Waals surface area contributed by atoms with Gasteiger partial charge in [-0.3, -0.25) is 4.68 Å². The molecule has 0 fully saturated rings. The summed E-state index contributed by atoms with van der Waals surface area (Å²) >= 11 is 3.36. The predicted molar refractivity (Wildman–Crippen MR) is 82.1 cm³/mol. The highest BCUT2D eigenvalue weighted by Gasteiger charge is 2.21. The van der Waals surface area contributed by atoms with Crippen LogP contribution in [0.3, 0.4) is 0 Å². The molecule has 0 aliphatic rings. The zero-order chi connectivity index (χ0) is 14.5. The lowest BCUT2D eigenvalue weighted by molar-refractivity contribution is 0.524. The molecule has 0 spiro atoms. The van der Waals surface area contributed by atoms with E-state index in [2.05, 4.69) is 33.3 Å². The summed E-state index contributed by atoms with van der Waals surface area (Å²) in [7, 11) is 0. The van der Waals surface area contributed by atoms with Gasteiger partial charge in [0.15, 0.2) is 0 Å². The molecule has 5 heteroatoms. The van der Waals surface area contributed by atoms with Crippen molar-refractivity contribution < 1.29 is 4.39 Å². The van der Waals surface area contributed by atoms with E-state index in [0.29, 0.717) is 4.47 Å². The van der Waals surface area contributed by atoms with Crippen LogP contribution in [0.2, 0.25) is 0 Å². The van der Waals surface area contributed by atoms with Crippen LogP contribution < -0.4 is 5.32 Å². The van der Waals surface area contributed by atoms with E-state index in [4.69, 9.17) is 0 Å². The SMILES string of the molecule is CCCNC(c1cccc(F)c1Br)c1ccnn1CC. The number of halogens is 2. The van der Waals surface area contributed by atoms with Gasteiger partial charge in [0.25, 0.3) is 0 Å². The zero-order valence-corrected chi connectivity index (χ0v) is 13.3. The molecule has 1 atom stereocenters. The van der Waals surface area contributed by atoms with Crippen LogP contribution in [0.15, 0.2) is 34.9 Å². The number of benzene rings is 1. The molecule has 0 amide bonds. The number of aromatic nitrogens is 2. The molecule has 20 heavy (non-hydrogen) atoms. The van der Waals surface area contributed by atoms with Gasteiger partial charge in [-0.15, -0.1) is 0 Å². The van der Waals surface area contributed by atoms with E-state index in [0.717, 1.165) is 30.8 Å². The van der Waals surface area contributed by atoms with E-state index in [1.54, 1.807) is 12.3 Å². The van der Waals surface area contributed by atoms with Gasteiger partial charge in [0.05, 0.1) is 16.2 Å². The van der Waals surface area contributed by atoms with Crippen molar-refractivity contribution in [2.75, 3.05) is 6.54 Å². The van der Waals surface area contributed by atoms with Crippen molar-refractivity contribution in [2.24, 2.45) is 0 Å². The summed E-state index contributed by atoms with van der Waals surface area (Å²) in [6, 6.07) is 7.05. The topological polar surface area (TPSA) is 29.9 Å².